The normalized spacial score (nSPS) is 10.6. The molecule has 25 heavy (non-hydrogen) atoms. The molecule has 0 radical (unpaired) electrons. The number of ether oxygens (including phenoxy) is 2. The van der Waals surface area contributed by atoms with Crippen LogP contribution in [0.15, 0.2) is 60.2 Å². The number of rotatable bonds is 7. The molecular formula is C20H17NO4. The molecule has 0 aliphatic rings. The Hall–Kier alpha value is -3.39. The molecule has 0 bridgehead atoms. The van der Waals surface area contributed by atoms with Crippen LogP contribution in [0.2, 0.25) is 0 Å². The molecule has 0 saturated heterocycles. The molecule has 0 N–H and O–H groups in total. The van der Waals surface area contributed by atoms with E-state index in [0.29, 0.717) is 16.9 Å². The minimum Gasteiger partial charge on any atom is -0.481 e. The van der Waals surface area contributed by atoms with E-state index in [2.05, 4.69) is 0 Å². The van der Waals surface area contributed by atoms with Crippen molar-refractivity contribution in [1.29, 1.82) is 5.26 Å². The number of carbonyl (C=O) groups excluding carboxylic acids is 2. The minimum absolute atomic E-state index is 0.0154. The Bertz CT molecular complexity index is 819. The monoisotopic (exact) mass is 335 g/mol. The highest BCUT2D eigenvalue weighted by Crippen LogP contribution is 2.22. The minimum atomic E-state index is -0.484. The van der Waals surface area contributed by atoms with Crippen LogP contribution in [0.1, 0.15) is 22.8 Å². The number of hydrogen-bond acceptors (Lipinski definition) is 5. The molecule has 0 fully saturated rings. The second-order valence-corrected chi connectivity index (χ2v) is 5.00. The topological polar surface area (TPSA) is 76.4 Å². The summed E-state index contributed by atoms with van der Waals surface area (Å²) in [6, 6.07) is 17.3. The number of benzene rings is 2. The van der Waals surface area contributed by atoms with Crippen LogP contribution in [-0.2, 0) is 9.53 Å². The van der Waals surface area contributed by atoms with E-state index in [1.54, 1.807) is 61.5 Å². The summed E-state index contributed by atoms with van der Waals surface area (Å²) in [6.07, 6.45) is 1.45. The first-order valence-electron chi connectivity index (χ1n) is 7.74. The average molecular weight is 335 g/mol. The molecule has 126 valence electrons. The van der Waals surface area contributed by atoms with Gasteiger partial charge < -0.3 is 9.47 Å². The van der Waals surface area contributed by atoms with Gasteiger partial charge in [0, 0.05) is 11.1 Å². The Morgan fingerprint density at radius 1 is 1.08 bits per heavy atom. The quantitative estimate of drug-likeness (QED) is 0.335. The Morgan fingerprint density at radius 2 is 1.76 bits per heavy atom. The molecule has 0 heterocycles. The van der Waals surface area contributed by atoms with Crippen molar-refractivity contribution in [3.8, 4) is 11.8 Å². The highest BCUT2D eigenvalue weighted by molar-refractivity contribution is 6.14. The Morgan fingerprint density at radius 3 is 2.44 bits per heavy atom. The van der Waals surface area contributed by atoms with Crippen molar-refractivity contribution < 1.29 is 19.1 Å². The van der Waals surface area contributed by atoms with Gasteiger partial charge in [0.1, 0.15) is 17.4 Å². The number of hydrogen-bond donors (Lipinski definition) is 0. The smallest absolute Gasteiger partial charge is 0.344 e. The van der Waals surface area contributed by atoms with Crippen molar-refractivity contribution in [2.24, 2.45) is 0 Å². The number of nitrogens with zero attached hydrogens (tertiary/aromatic N) is 1. The molecule has 0 unspecified atom stereocenters. The van der Waals surface area contributed by atoms with E-state index in [0.717, 1.165) is 0 Å². The fourth-order valence-electron chi connectivity index (χ4n) is 2.12. The fraction of sp³-hybridized carbons (Fsp3) is 0.150. The fourth-order valence-corrected chi connectivity index (χ4v) is 2.12. The lowest BCUT2D eigenvalue weighted by Crippen LogP contribution is -2.15. The van der Waals surface area contributed by atoms with E-state index in [1.807, 2.05) is 6.07 Å². The van der Waals surface area contributed by atoms with Gasteiger partial charge in [-0.05, 0) is 19.1 Å². The molecule has 0 saturated carbocycles. The third kappa shape index (κ3) is 5.05. The molecule has 2 rings (SSSR count). The van der Waals surface area contributed by atoms with Crippen LogP contribution < -0.4 is 4.74 Å². The van der Waals surface area contributed by atoms with Gasteiger partial charge in [0.2, 0.25) is 5.78 Å². The summed E-state index contributed by atoms with van der Waals surface area (Å²) in [6.45, 7) is 1.74. The summed E-state index contributed by atoms with van der Waals surface area (Å²) >= 11 is 0. The molecule has 0 aliphatic heterocycles. The molecular weight excluding hydrogens is 318 g/mol. The van der Waals surface area contributed by atoms with Gasteiger partial charge in [-0.15, -0.1) is 0 Å². The van der Waals surface area contributed by atoms with Gasteiger partial charge in [-0.25, -0.2) is 4.79 Å². The van der Waals surface area contributed by atoms with E-state index in [9.17, 15) is 14.9 Å². The van der Waals surface area contributed by atoms with Crippen LogP contribution in [0.4, 0.5) is 0 Å². The largest absolute Gasteiger partial charge is 0.481 e. The van der Waals surface area contributed by atoms with E-state index >= 15 is 0 Å². The summed E-state index contributed by atoms with van der Waals surface area (Å²) in [7, 11) is 0. The van der Waals surface area contributed by atoms with Gasteiger partial charge in [0.25, 0.3) is 0 Å². The van der Waals surface area contributed by atoms with Gasteiger partial charge in [-0.1, -0.05) is 48.5 Å². The predicted molar refractivity (Wildman–Crippen MR) is 92.9 cm³/mol. The first kappa shape index (κ1) is 18.0. The third-order valence-electron chi connectivity index (χ3n) is 3.27. The number of Topliss-reactive ketones (excluding diaryl/α,β-unsaturated/α-hetero) is 1. The molecule has 5 nitrogen and oxygen atoms in total. The molecule has 0 amide bonds. The molecule has 0 aromatic heterocycles. The molecule has 2 aromatic rings. The number of esters is 1. The highest BCUT2D eigenvalue weighted by atomic mass is 16.6. The van der Waals surface area contributed by atoms with Crippen LogP contribution in [0.25, 0.3) is 6.08 Å². The van der Waals surface area contributed by atoms with Crippen LogP contribution in [0.3, 0.4) is 0 Å². The zero-order chi connectivity index (χ0) is 18.1. The zero-order valence-corrected chi connectivity index (χ0v) is 13.8. The van der Waals surface area contributed by atoms with E-state index in [4.69, 9.17) is 9.47 Å². The molecule has 0 aliphatic carbocycles. The summed E-state index contributed by atoms with van der Waals surface area (Å²) in [5, 5.41) is 9.34. The van der Waals surface area contributed by atoms with Crippen molar-refractivity contribution in [2.75, 3.05) is 13.2 Å². The molecule has 2 aromatic carbocycles. The zero-order valence-electron chi connectivity index (χ0n) is 13.8. The van der Waals surface area contributed by atoms with Crippen molar-refractivity contribution >= 4 is 17.8 Å². The standard InChI is InChI=1S/C20H17NO4/c1-2-24-19(22)14-25-18-11-7-6-10-16(18)12-17(13-21)20(23)15-8-4-3-5-9-15/h3-12H,2,14H2,1H3/b17-12+. The van der Waals surface area contributed by atoms with Crippen LogP contribution in [0.5, 0.6) is 5.75 Å². The lowest BCUT2D eigenvalue weighted by atomic mass is 10.0. The number of carbonyl (C=O) groups is 2. The van der Waals surface area contributed by atoms with Gasteiger partial charge in [0.05, 0.1) is 6.61 Å². The predicted octanol–water partition coefficient (Wildman–Crippen LogP) is 3.42. The number of allylic oxidation sites excluding steroid dienone is 1. The van der Waals surface area contributed by atoms with E-state index < -0.39 is 5.97 Å². The maximum Gasteiger partial charge on any atom is 0.344 e. The number of ketones is 1. The van der Waals surface area contributed by atoms with Crippen LogP contribution >= 0.6 is 0 Å². The summed E-state index contributed by atoms with van der Waals surface area (Å²) in [5.41, 5.74) is 0.950. The second kappa shape index (κ2) is 9.04. The maximum atomic E-state index is 12.4. The first-order chi connectivity index (χ1) is 12.2. The first-order valence-corrected chi connectivity index (χ1v) is 7.74. The lowest BCUT2D eigenvalue weighted by molar-refractivity contribution is -0.145. The Balaban J connectivity index is 2.25. The van der Waals surface area contributed by atoms with Crippen LogP contribution in [-0.4, -0.2) is 25.0 Å². The number of nitriles is 1. The summed E-state index contributed by atoms with van der Waals surface area (Å²) < 4.78 is 10.3. The maximum absolute atomic E-state index is 12.4. The van der Waals surface area contributed by atoms with Crippen molar-refractivity contribution in [3.63, 3.8) is 0 Å². The molecule has 0 atom stereocenters. The number of para-hydroxylation sites is 1. The van der Waals surface area contributed by atoms with Gasteiger partial charge in [-0.2, -0.15) is 5.26 Å². The summed E-state index contributed by atoms with van der Waals surface area (Å²) in [4.78, 5) is 23.9. The van der Waals surface area contributed by atoms with Crippen molar-refractivity contribution in [3.05, 3.63) is 71.3 Å². The highest BCUT2D eigenvalue weighted by Gasteiger charge is 2.13. The molecule has 0 spiro atoms. The lowest BCUT2D eigenvalue weighted by Gasteiger charge is -2.09. The third-order valence-corrected chi connectivity index (χ3v) is 3.27. The van der Waals surface area contributed by atoms with Gasteiger partial charge in [0.15, 0.2) is 6.61 Å². The second-order valence-electron chi connectivity index (χ2n) is 5.00. The SMILES string of the molecule is CCOC(=O)COc1ccccc1/C=C(\C#N)C(=O)c1ccccc1. The van der Waals surface area contributed by atoms with Crippen LogP contribution in [0, 0.1) is 11.3 Å². The molecule has 5 heteroatoms. The Labute approximate surface area is 146 Å². The van der Waals surface area contributed by atoms with Crippen molar-refractivity contribution in [2.45, 2.75) is 6.92 Å². The van der Waals surface area contributed by atoms with Gasteiger partial charge >= 0.3 is 5.97 Å². The van der Waals surface area contributed by atoms with Crippen molar-refractivity contribution in [1.82, 2.24) is 0 Å². The van der Waals surface area contributed by atoms with E-state index in [-0.39, 0.29) is 24.6 Å². The average Bonchev–Trinajstić information content (AvgIpc) is 2.65. The Kier molecular flexibility index (Phi) is 6.49. The van der Waals surface area contributed by atoms with Gasteiger partial charge in [-0.3, -0.25) is 4.79 Å². The van der Waals surface area contributed by atoms with E-state index in [1.165, 1.54) is 6.08 Å². The summed E-state index contributed by atoms with van der Waals surface area (Å²) in [5.74, 6) is -0.463.